The number of nitriles is 1. The average molecular weight is 274 g/mol. The van der Waals surface area contributed by atoms with Gasteiger partial charge in [-0.25, -0.2) is 0 Å². The molecule has 0 spiro atoms. The predicted molar refractivity (Wildman–Crippen MR) is 82.6 cm³/mol. The lowest BCUT2D eigenvalue weighted by molar-refractivity contribution is 0.229. The van der Waals surface area contributed by atoms with Crippen molar-refractivity contribution in [2.75, 3.05) is 11.6 Å². The van der Waals surface area contributed by atoms with E-state index >= 15 is 0 Å². The van der Waals surface area contributed by atoms with Crippen molar-refractivity contribution in [1.82, 2.24) is 0 Å². The van der Waals surface area contributed by atoms with Crippen molar-refractivity contribution < 1.29 is 0 Å². The zero-order valence-electron chi connectivity index (χ0n) is 12.0. The topological polar surface area (TPSA) is 35.8 Å². The van der Waals surface area contributed by atoms with Gasteiger partial charge in [-0.2, -0.15) is 5.26 Å². The summed E-state index contributed by atoms with van der Waals surface area (Å²) < 4.78 is 0. The summed E-state index contributed by atoms with van der Waals surface area (Å²) in [6.45, 7) is 4.68. The van der Waals surface area contributed by atoms with Crippen LogP contribution in [-0.2, 0) is 0 Å². The first kappa shape index (κ1) is 14.3. The summed E-state index contributed by atoms with van der Waals surface area (Å²) in [7, 11) is 0. The van der Waals surface area contributed by atoms with Crippen LogP contribution in [0.5, 0.6) is 0 Å². The van der Waals surface area contributed by atoms with E-state index in [4.69, 9.17) is 0 Å². The lowest BCUT2D eigenvalue weighted by Crippen LogP contribution is -2.32. The Kier molecular flexibility index (Phi) is 4.42. The molecule has 1 aliphatic carbocycles. The van der Waals surface area contributed by atoms with Gasteiger partial charge in [0.25, 0.3) is 0 Å². The zero-order chi connectivity index (χ0) is 13.9. The van der Waals surface area contributed by atoms with Gasteiger partial charge in [-0.15, -0.1) is 11.8 Å². The molecule has 1 fully saturated rings. The van der Waals surface area contributed by atoms with Crippen molar-refractivity contribution in [3.8, 4) is 6.07 Å². The minimum atomic E-state index is 0.417. The second-order valence-corrected chi connectivity index (χ2v) is 6.94. The second-order valence-electron chi connectivity index (χ2n) is 6.10. The summed E-state index contributed by atoms with van der Waals surface area (Å²) in [5, 5.41) is 13.0. The average Bonchev–Trinajstić information content (AvgIpc) is 2.37. The third-order valence-electron chi connectivity index (χ3n) is 3.92. The summed E-state index contributed by atoms with van der Waals surface area (Å²) in [6, 6.07) is 8.91. The smallest absolute Gasteiger partial charge is 0.102 e. The molecule has 1 aromatic carbocycles. The van der Waals surface area contributed by atoms with Gasteiger partial charge in [-0.1, -0.05) is 26.3 Å². The zero-order valence-corrected chi connectivity index (χ0v) is 12.8. The maximum absolute atomic E-state index is 9.36. The van der Waals surface area contributed by atoms with E-state index in [1.54, 1.807) is 11.8 Å². The molecule has 1 N–H and O–H groups in total. The fraction of sp³-hybridized carbons (Fsp3) is 0.562. The largest absolute Gasteiger partial charge is 0.381 e. The molecule has 0 aromatic heterocycles. The molecule has 0 bridgehead atoms. The molecule has 1 unspecified atom stereocenters. The first-order valence-corrected chi connectivity index (χ1v) is 8.12. The highest BCUT2D eigenvalue weighted by atomic mass is 32.2. The molecule has 19 heavy (non-hydrogen) atoms. The summed E-state index contributed by atoms with van der Waals surface area (Å²) in [6.07, 6.45) is 6.98. The van der Waals surface area contributed by atoms with Gasteiger partial charge < -0.3 is 5.32 Å². The molecule has 3 heteroatoms. The van der Waals surface area contributed by atoms with Crippen LogP contribution in [0.15, 0.2) is 23.1 Å². The van der Waals surface area contributed by atoms with E-state index in [0.717, 1.165) is 16.1 Å². The number of benzene rings is 1. The van der Waals surface area contributed by atoms with Crippen molar-refractivity contribution in [2.45, 2.75) is 50.5 Å². The van der Waals surface area contributed by atoms with Gasteiger partial charge in [0, 0.05) is 10.9 Å². The lowest BCUT2D eigenvalue weighted by Gasteiger charge is -2.36. The Bertz CT molecular complexity index is 488. The molecule has 102 valence electrons. The molecule has 0 aliphatic heterocycles. The highest BCUT2D eigenvalue weighted by molar-refractivity contribution is 7.98. The molecule has 2 rings (SSSR count). The van der Waals surface area contributed by atoms with E-state index in [1.807, 2.05) is 24.5 Å². The molecular formula is C16H22N2S. The highest BCUT2D eigenvalue weighted by Gasteiger charge is 2.28. The van der Waals surface area contributed by atoms with Crippen LogP contribution < -0.4 is 5.32 Å². The van der Waals surface area contributed by atoms with E-state index in [-0.39, 0.29) is 0 Å². The normalized spacial score (nSPS) is 21.7. The van der Waals surface area contributed by atoms with Gasteiger partial charge in [0.15, 0.2) is 0 Å². The van der Waals surface area contributed by atoms with Crippen molar-refractivity contribution in [3.63, 3.8) is 0 Å². The summed E-state index contributed by atoms with van der Waals surface area (Å²) in [5.41, 5.74) is 2.20. The maximum atomic E-state index is 9.36. The van der Waals surface area contributed by atoms with Crippen molar-refractivity contribution >= 4 is 17.4 Å². The molecule has 0 heterocycles. The van der Waals surface area contributed by atoms with Crippen LogP contribution >= 0.6 is 11.8 Å². The number of anilines is 1. The highest BCUT2D eigenvalue weighted by Crippen LogP contribution is 2.37. The van der Waals surface area contributed by atoms with Crippen LogP contribution in [0.25, 0.3) is 0 Å². The van der Waals surface area contributed by atoms with Crippen LogP contribution in [0.4, 0.5) is 5.69 Å². The Morgan fingerprint density at radius 1 is 1.42 bits per heavy atom. The van der Waals surface area contributed by atoms with Crippen molar-refractivity contribution in [2.24, 2.45) is 5.41 Å². The maximum Gasteiger partial charge on any atom is 0.102 e. The minimum absolute atomic E-state index is 0.417. The van der Waals surface area contributed by atoms with E-state index in [2.05, 4.69) is 25.2 Å². The summed E-state index contributed by atoms with van der Waals surface area (Å²) in [4.78, 5) is 1.06. The number of hydrogen-bond donors (Lipinski definition) is 1. The van der Waals surface area contributed by atoms with Crippen LogP contribution in [-0.4, -0.2) is 12.3 Å². The Hall–Kier alpha value is -1.14. The number of rotatable bonds is 3. The van der Waals surface area contributed by atoms with E-state index in [1.165, 1.54) is 25.7 Å². The Labute approximate surface area is 120 Å². The molecule has 1 saturated carbocycles. The Morgan fingerprint density at radius 3 is 2.84 bits per heavy atom. The van der Waals surface area contributed by atoms with Crippen LogP contribution in [0.2, 0.25) is 0 Å². The number of hydrogen-bond acceptors (Lipinski definition) is 3. The number of thioether (sulfide) groups is 1. The fourth-order valence-electron chi connectivity index (χ4n) is 2.98. The van der Waals surface area contributed by atoms with Gasteiger partial charge in [0.05, 0.1) is 11.3 Å². The fourth-order valence-corrected chi connectivity index (χ4v) is 3.55. The number of nitrogens with one attached hydrogen (secondary N) is 1. The molecule has 2 nitrogen and oxygen atoms in total. The van der Waals surface area contributed by atoms with Gasteiger partial charge in [0.1, 0.15) is 6.07 Å². The molecule has 0 radical (unpaired) electrons. The Morgan fingerprint density at radius 2 is 2.21 bits per heavy atom. The molecular weight excluding hydrogens is 252 g/mol. The van der Waals surface area contributed by atoms with Gasteiger partial charge >= 0.3 is 0 Å². The third kappa shape index (κ3) is 3.45. The van der Waals surface area contributed by atoms with E-state index < -0.39 is 0 Å². The SMILES string of the molecule is CSc1cccc(NC2CCCC(C)(C)C2)c1C#N. The quantitative estimate of drug-likeness (QED) is 0.814. The second kappa shape index (κ2) is 5.88. The Balaban J connectivity index is 2.17. The van der Waals surface area contributed by atoms with E-state index in [9.17, 15) is 5.26 Å². The first-order valence-electron chi connectivity index (χ1n) is 6.89. The molecule has 1 aromatic rings. The summed E-state index contributed by atoms with van der Waals surface area (Å²) in [5.74, 6) is 0. The van der Waals surface area contributed by atoms with Crippen LogP contribution in [0, 0.1) is 16.7 Å². The monoisotopic (exact) mass is 274 g/mol. The molecule has 1 aliphatic rings. The molecule has 0 saturated heterocycles. The minimum Gasteiger partial charge on any atom is -0.381 e. The lowest BCUT2D eigenvalue weighted by atomic mass is 9.75. The van der Waals surface area contributed by atoms with Gasteiger partial charge in [-0.05, 0) is 43.1 Å². The third-order valence-corrected chi connectivity index (χ3v) is 4.70. The van der Waals surface area contributed by atoms with Crippen LogP contribution in [0.3, 0.4) is 0 Å². The molecule has 0 amide bonds. The van der Waals surface area contributed by atoms with Crippen molar-refractivity contribution in [1.29, 1.82) is 5.26 Å². The van der Waals surface area contributed by atoms with Gasteiger partial charge in [0.2, 0.25) is 0 Å². The standard InChI is InChI=1S/C16H22N2S/c1-16(2)9-5-6-12(10-16)18-14-7-4-8-15(19-3)13(14)11-17/h4,7-8,12,18H,5-6,9-10H2,1-3H3. The summed E-state index contributed by atoms with van der Waals surface area (Å²) >= 11 is 1.63. The van der Waals surface area contributed by atoms with Gasteiger partial charge in [-0.3, -0.25) is 0 Å². The molecule has 1 atom stereocenters. The first-order chi connectivity index (χ1) is 9.05. The van der Waals surface area contributed by atoms with E-state index in [0.29, 0.717) is 11.5 Å². The van der Waals surface area contributed by atoms with Crippen molar-refractivity contribution in [3.05, 3.63) is 23.8 Å². The predicted octanol–water partition coefficient (Wildman–Crippen LogP) is 4.66. The number of nitrogens with zero attached hydrogens (tertiary/aromatic N) is 1. The van der Waals surface area contributed by atoms with Crippen LogP contribution in [0.1, 0.15) is 45.1 Å².